The van der Waals surface area contributed by atoms with Crippen molar-refractivity contribution in [2.45, 2.75) is 56.5 Å². The third-order valence-electron chi connectivity index (χ3n) is 5.12. The average molecular weight is 310 g/mol. The molecule has 120 valence electrons. The lowest BCUT2D eigenvalue weighted by atomic mass is 9.79. The molecule has 0 saturated heterocycles. The highest BCUT2D eigenvalue weighted by Gasteiger charge is 2.52. The average Bonchev–Trinajstić information content (AvgIpc) is 2.91. The van der Waals surface area contributed by atoms with Gasteiger partial charge in [0.25, 0.3) is 0 Å². The van der Waals surface area contributed by atoms with E-state index in [9.17, 15) is 18.7 Å². The molecule has 2 N–H and O–H groups in total. The molecule has 4 nitrogen and oxygen atoms in total. The molecule has 1 aromatic carbocycles. The summed E-state index contributed by atoms with van der Waals surface area (Å²) in [6.07, 6.45) is 0.0646. The normalized spacial score (nSPS) is 33.0. The van der Waals surface area contributed by atoms with Gasteiger partial charge < -0.3 is 10.1 Å². The number of aliphatic carboxylic acids is 1. The van der Waals surface area contributed by atoms with E-state index in [1.807, 2.05) is 19.1 Å². The van der Waals surface area contributed by atoms with Crippen LogP contribution in [0.5, 0.6) is 0 Å². The number of para-hydroxylation sites is 1. The predicted molar refractivity (Wildman–Crippen MR) is 79.1 cm³/mol. The Balaban J connectivity index is 1.91. The van der Waals surface area contributed by atoms with Crippen LogP contribution in [0.15, 0.2) is 24.3 Å². The van der Waals surface area contributed by atoms with Gasteiger partial charge in [0.15, 0.2) is 0 Å². The first kappa shape index (κ1) is 15.2. The summed E-state index contributed by atoms with van der Waals surface area (Å²) in [5.41, 5.74) is 3.55. The molecule has 0 bridgehead atoms. The minimum absolute atomic E-state index is 0.120. The lowest BCUT2D eigenvalue weighted by molar-refractivity contribution is -0.143. The summed E-state index contributed by atoms with van der Waals surface area (Å²) in [4.78, 5) is 11.8. The Morgan fingerprint density at radius 3 is 2.68 bits per heavy atom. The molecule has 2 aliphatic rings. The van der Waals surface area contributed by atoms with Crippen LogP contribution in [-0.4, -0.2) is 29.1 Å². The monoisotopic (exact) mass is 310 g/mol. The van der Waals surface area contributed by atoms with Crippen molar-refractivity contribution in [3.05, 3.63) is 29.8 Å². The van der Waals surface area contributed by atoms with Gasteiger partial charge in [-0.1, -0.05) is 18.2 Å². The van der Waals surface area contributed by atoms with E-state index in [0.717, 1.165) is 5.69 Å². The Hall–Kier alpha value is -1.69. The van der Waals surface area contributed by atoms with Crippen molar-refractivity contribution >= 4 is 11.7 Å². The van der Waals surface area contributed by atoms with E-state index in [1.165, 1.54) is 0 Å². The van der Waals surface area contributed by atoms with Gasteiger partial charge in [0.05, 0.1) is 11.7 Å². The molecule has 1 heterocycles. The zero-order chi connectivity index (χ0) is 16.1. The standard InChI is InChI=1S/C16H20F2N2O2/c1-10-15(2,14(21)22)12-5-3-4-6-13(12)20(10)19-11-7-8-16(17,18)9-11/h3-6,10-11,19H,7-9H2,1-2H3,(H,21,22). The molecule has 3 unspecified atom stereocenters. The van der Waals surface area contributed by atoms with E-state index in [4.69, 9.17) is 0 Å². The molecular weight excluding hydrogens is 290 g/mol. The van der Waals surface area contributed by atoms with Gasteiger partial charge in [-0.15, -0.1) is 0 Å². The molecule has 1 saturated carbocycles. The summed E-state index contributed by atoms with van der Waals surface area (Å²) >= 11 is 0. The number of carboxylic acids is 1. The number of alkyl halides is 2. The van der Waals surface area contributed by atoms with Gasteiger partial charge >= 0.3 is 5.97 Å². The number of carbonyl (C=O) groups is 1. The van der Waals surface area contributed by atoms with Gasteiger partial charge in [-0.2, -0.15) is 0 Å². The van der Waals surface area contributed by atoms with Crippen LogP contribution in [0.1, 0.15) is 38.7 Å². The smallest absolute Gasteiger partial charge is 0.316 e. The summed E-state index contributed by atoms with van der Waals surface area (Å²) < 4.78 is 26.8. The van der Waals surface area contributed by atoms with E-state index in [0.29, 0.717) is 12.0 Å². The molecule has 1 fully saturated rings. The molecule has 0 amide bonds. The van der Waals surface area contributed by atoms with Crippen LogP contribution in [0.4, 0.5) is 14.5 Å². The fourth-order valence-electron chi connectivity index (χ4n) is 3.55. The number of hydrazine groups is 1. The number of hydrogen-bond donors (Lipinski definition) is 2. The Morgan fingerprint density at radius 2 is 2.09 bits per heavy atom. The maximum atomic E-state index is 13.4. The highest BCUT2D eigenvalue weighted by atomic mass is 19.3. The number of anilines is 1. The quantitative estimate of drug-likeness (QED) is 0.901. The van der Waals surface area contributed by atoms with Gasteiger partial charge in [-0.05, 0) is 31.9 Å². The molecule has 6 heteroatoms. The number of carboxylic acid groups (broad SMARTS) is 1. The number of hydrogen-bond acceptors (Lipinski definition) is 3. The zero-order valence-electron chi connectivity index (χ0n) is 12.6. The van der Waals surface area contributed by atoms with Crippen molar-refractivity contribution in [2.75, 3.05) is 5.01 Å². The van der Waals surface area contributed by atoms with Gasteiger partial charge in [0.2, 0.25) is 5.92 Å². The maximum absolute atomic E-state index is 13.4. The number of benzene rings is 1. The molecule has 3 rings (SSSR count). The fourth-order valence-corrected chi connectivity index (χ4v) is 3.55. The van der Waals surface area contributed by atoms with Gasteiger partial charge in [0.1, 0.15) is 5.41 Å². The second-order valence-electron chi connectivity index (χ2n) is 6.50. The Bertz CT molecular complexity index is 608. The SMILES string of the molecule is CC1N(NC2CCC(F)(F)C2)c2ccccc2C1(C)C(=O)O. The highest BCUT2D eigenvalue weighted by molar-refractivity contribution is 5.88. The number of rotatable bonds is 3. The zero-order valence-corrected chi connectivity index (χ0v) is 12.6. The topological polar surface area (TPSA) is 52.6 Å². The molecule has 22 heavy (non-hydrogen) atoms. The van der Waals surface area contributed by atoms with E-state index < -0.39 is 17.3 Å². The van der Waals surface area contributed by atoms with Gasteiger partial charge in [0, 0.05) is 18.9 Å². The van der Waals surface area contributed by atoms with Crippen molar-refractivity contribution in [1.82, 2.24) is 5.43 Å². The summed E-state index contributed by atoms with van der Waals surface area (Å²) in [7, 11) is 0. The van der Waals surface area contributed by atoms with E-state index in [2.05, 4.69) is 5.43 Å². The number of nitrogens with one attached hydrogen (secondary N) is 1. The Kier molecular flexibility index (Phi) is 3.40. The Labute approximate surface area is 128 Å². The number of fused-ring (bicyclic) bond motifs is 1. The maximum Gasteiger partial charge on any atom is 0.316 e. The first-order chi connectivity index (χ1) is 10.3. The third-order valence-corrected chi connectivity index (χ3v) is 5.12. The summed E-state index contributed by atoms with van der Waals surface area (Å²) in [5, 5.41) is 11.4. The van der Waals surface area contributed by atoms with E-state index in [-0.39, 0.29) is 24.9 Å². The molecule has 1 aliphatic heterocycles. The Morgan fingerprint density at radius 1 is 1.41 bits per heavy atom. The van der Waals surface area contributed by atoms with Crippen molar-refractivity contribution in [2.24, 2.45) is 0 Å². The van der Waals surface area contributed by atoms with Crippen molar-refractivity contribution in [1.29, 1.82) is 0 Å². The van der Waals surface area contributed by atoms with Gasteiger partial charge in [-0.25, -0.2) is 14.2 Å². The second-order valence-corrected chi connectivity index (χ2v) is 6.50. The van der Waals surface area contributed by atoms with Crippen molar-refractivity contribution < 1.29 is 18.7 Å². The van der Waals surface area contributed by atoms with Crippen LogP contribution in [0.3, 0.4) is 0 Å². The molecule has 0 radical (unpaired) electrons. The number of halogens is 2. The van der Waals surface area contributed by atoms with Crippen molar-refractivity contribution in [3.63, 3.8) is 0 Å². The van der Waals surface area contributed by atoms with Crippen LogP contribution >= 0.6 is 0 Å². The van der Waals surface area contributed by atoms with Crippen LogP contribution in [-0.2, 0) is 10.2 Å². The van der Waals surface area contributed by atoms with Crippen LogP contribution in [0.25, 0.3) is 0 Å². The molecule has 0 spiro atoms. The lowest BCUT2D eigenvalue weighted by Gasteiger charge is -2.33. The largest absolute Gasteiger partial charge is 0.481 e. The van der Waals surface area contributed by atoms with Crippen LogP contribution < -0.4 is 10.4 Å². The molecular formula is C16H20F2N2O2. The first-order valence-electron chi connectivity index (χ1n) is 7.52. The molecule has 1 aliphatic carbocycles. The minimum atomic E-state index is -2.63. The van der Waals surface area contributed by atoms with E-state index in [1.54, 1.807) is 24.1 Å². The third kappa shape index (κ3) is 2.17. The van der Waals surface area contributed by atoms with E-state index >= 15 is 0 Å². The predicted octanol–water partition coefficient (Wildman–Crippen LogP) is 2.93. The van der Waals surface area contributed by atoms with Gasteiger partial charge in [-0.3, -0.25) is 4.79 Å². The highest BCUT2D eigenvalue weighted by Crippen LogP contribution is 2.45. The van der Waals surface area contributed by atoms with Crippen LogP contribution in [0, 0.1) is 0 Å². The summed E-state index contributed by atoms with van der Waals surface area (Å²) in [6, 6.07) is 6.57. The second kappa shape index (κ2) is 4.91. The molecule has 0 aromatic heterocycles. The summed E-state index contributed by atoms with van der Waals surface area (Å²) in [6.45, 7) is 3.50. The van der Waals surface area contributed by atoms with Crippen LogP contribution in [0.2, 0.25) is 0 Å². The molecule has 1 aromatic rings. The molecule has 3 atom stereocenters. The minimum Gasteiger partial charge on any atom is -0.481 e. The first-order valence-corrected chi connectivity index (χ1v) is 7.52. The number of nitrogens with zero attached hydrogens (tertiary/aromatic N) is 1. The summed E-state index contributed by atoms with van der Waals surface area (Å²) in [5.74, 6) is -3.54. The lowest BCUT2D eigenvalue weighted by Crippen LogP contribution is -2.53. The van der Waals surface area contributed by atoms with Crippen molar-refractivity contribution in [3.8, 4) is 0 Å². The fraction of sp³-hybridized carbons (Fsp3) is 0.562.